The third-order valence-electron chi connectivity index (χ3n) is 5.51. The van der Waals surface area contributed by atoms with E-state index >= 15 is 0 Å². The summed E-state index contributed by atoms with van der Waals surface area (Å²) in [6.07, 6.45) is 3.43. The number of amides is 3. The molecule has 0 saturated carbocycles. The van der Waals surface area contributed by atoms with Crippen molar-refractivity contribution < 1.29 is 22.4 Å². The van der Waals surface area contributed by atoms with Crippen molar-refractivity contribution in [3.8, 4) is 0 Å². The van der Waals surface area contributed by atoms with Crippen molar-refractivity contribution in [1.82, 2.24) is 14.5 Å². The number of rotatable bonds is 9. The molecule has 3 rings (SSSR count). The molecular formula is C21H30N4O5S2. The molecule has 0 bridgehead atoms. The lowest BCUT2D eigenvalue weighted by molar-refractivity contribution is -0.126. The van der Waals surface area contributed by atoms with Crippen LogP contribution in [0, 0.1) is 5.92 Å². The molecule has 0 spiro atoms. The number of carbonyl (C=O) groups excluding carboxylic acids is 2. The monoisotopic (exact) mass is 482 g/mol. The van der Waals surface area contributed by atoms with E-state index in [2.05, 4.69) is 10.6 Å². The van der Waals surface area contributed by atoms with E-state index in [9.17, 15) is 18.0 Å². The zero-order valence-electron chi connectivity index (χ0n) is 18.4. The van der Waals surface area contributed by atoms with Crippen molar-refractivity contribution in [2.75, 3.05) is 38.0 Å². The average Bonchev–Trinajstić information content (AvgIpc) is 3.47. The molecule has 3 amide bonds. The Hall–Kier alpha value is -2.37. The van der Waals surface area contributed by atoms with Gasteiger partial charge in [-0.1, -0.05) is 13.8 Å². The first-order chi connectivity index (χ1) is 15.3. The van der Waals surface area contributed by atoms with Crippen LogP contribution < -0.4 is 10.6 Å². The Morgan fingerprint density at radius 1 is 1.19 bits per heavy atom. The number of nitrogens with one attached hydrogen (secondary N) is 2. The fourth-order valence-corrected chi connectivity index (χ4v) is 6.46. The van der Waals surface area contributed by atoms with Crippen LogP contribution in [0.2, 0.25) is 0 Å². The van der Waals surface area contributed by atoms with Gasteiger partial charge in [0.15, 0.2) is 0 Å². The second-order valence-corrected chi connectivity index (χ2v) is 10.8. The summed E-state index contributed by atoms with van der Waals surface area (Å²) in [5.41, 5.74) is 0. The van der Waals surface area contributed by atoms with E-state index in [-0.39, 0.29) is 22.1 Å². The van der Waals surface area contributed by atoms with Crippen LogP contribution in [0.4, 0.5) is 9.80 Å². The third-order valence-corrected chi connectivity index (χ3v) is 9.03. The number of piperidine rings is 1. The summed E-state index contributed by atoms with van der Waals surface area (Å²) >= 11 is 1.04. The molecule has 11 heteroatoms. The molecule has 176 valence electrons. The highest BCUT2D eigenvalue weighted by Crippen LogP contribution is 2.29. The summed E-state index contributed by atoms with van der Waals surface area (Å²) in [7, 11) is -3.54. The van der Waals surface area contributed by atoms with E-state index in [4.69, 9.17) is 4.42 Å². The van der Waals surface area contributed by atoms with Crippen molar-refractivity contribution in [1.29, 1.82) is 0 Å². The highest BCUT2D eigenvalue weighted by Gasteiger charge is 2.28. The molecule has 1 aliphatic rings. The lowest BCUT2D eigenvalue weighted by Crippen LogP contribution is -2.44. The third kappa shape index (κ3) is 5.90. The predicted molar refractivity (Wildman–Crippen MR) is 123 cm³/mol. The van der Waals surface area contributed by atoms with Crippen LogP contribution in [0.5, 0.6) is 0 Å². The minimum Gasteiger partial charge on any atom is -0.469 e. The Bertz CT molecular complexity index is 991. The van der Waals surface area contributed by atoms with Crippen LogP contribution in [0.3, 0.4) is 0 Å². The fourth-order valence-electron chi connectivity index (χ4n) is 3.65. The maximum Gasteiger partial charge on any atom is 0.322 e. The zero-order valence-corrected chi connectivity index (χ0v) is 20.0. The number of hydrogen-bond donors (Lipinski definition) is 2. The van der Waals surface area contributed by atoms with E-state index in [0.717, 1.165) is 17.1 Å². The Labute approximate surface area is 192 Å². The summed E-state index contributed by atoms with van der Waals surface area (Å²) in [6, 6.07) is 6.54. The molecule has 3 heterocycles. The Kier molecular flexibility index (Phi) is 8.32. The standard InChI is InChI=1S/C21H30N4O5S2/c1-3-25(4-2)32(28,29)19-8-7-18(31-19)23-21(27)24-13-10-16(11-14-24)20(26)22-12-9-17-6-5-15-30-17/h5-8,15-16H,3-4,9-14H2,1-2H3,(H,22,26)(H,23,27). The number of nitrogens with zero attached hydrogens (tertiary/aromatic N) is 2. The molecule has 0 unspecified atom stereocenters. The van der Waals surface area contributed by atoms with Crippen LogP contribution in [0.25, 0.3) is 0 Å². The molecule has 0 radical (unpaired) electrons. The molecule has 32 heavy (non-hydrogen) atoms. The van der Waals surface area contributed by atoms with Crippen LogP contribution in [0.1, 0.15) is 32.4 Å². The summed E-state index contributed by atoms with van der Waals surface area (Å²) in [4.78, 5) is 26.6. The highest BCUT2D eigenvalue weighted by molar-refractivity contribution is 7.91. The normalized spacial score (nSPS) is 15.2. The molecule has 1 saturated heterocycles. The molecule has 2 aromatic heterocycles. The Morgan fingerprint density at radius 2 is 1.91 bits per heavy atom. The maximum atomic E-state index is 12.6. The number of thiophene rings is 1. The molecule has 2 aromatic rings. The SMILES string of the molecule is CCN(CC)S(=O)(=O)c1ccc(NC(=O)N2CCC(C(=O)NCCc3ccco3)CC2)s1. The highest BCUT2D eigenvalue weighted by atomic mass is 32.2. The lowest BCUT2D eigenvalue weighted by Gasteiger charge is -2.31. The van der Waals surface area contributed by atoms with Crippen molar-refractivity contribution in [2.24, 2.45) is 5.92 Å². The van der Waals surface area contributed by atoms with E-state index in [1.807, 2.05) is 12.1 Å². The summed E-state index contributed by atoms with van der Waals surface area (Å²) in [5, 5.41) is 6.20. The first-order valence-electron chi connectivity index (χ1n) is 10.8. The molecule has 1 fully saturated rings. The number of anilines is 1. The molecule has 0 atom stereocenters. The number of urea groups is 1. The second kappa shape index (κ2) is 11.0. The van der Waals surface area contributed by atoms with E-state index in [0.29, 0.717) is 57.0 Å². The van der Waals surface area contributed by atoms with E-state index < -0.39 is 10.0 Å². The minimum absolute atomic E-state index is 0.00104. The minimum atomic E-state index is -3.54. The summed E-state index contributed by atoms with van der Waals surface area (Å²) < 4.78 is 32.1. The first-order valence-corrected chi connectivity index (χ1v) is 13.1. The van der Waals surface area contributed by atoms with Gasteiger partial charge in [-0.25, -0.2) is 13.2 Å². The number of sulfonamides is 1. The quantitative estimate of drug-likeness (QED) is 0.571. The van der Waals surface area contributed by atoms with Gasteiger partial charge in [0, 0.05) is 45.1 Å². The average molecular weight is 483 g/mol. The van der Waals surface area contributed by atoms with Crippen molar-refractivity contribution in [2.45, 2.75) is 37.3 Å². The maximum absolute atomic E-state index is 12.6. The number of likely N-dealkylation sites (tertiary alicyclic amines) is 1. The molecule has 1 aliphatic heterocycles. The van der Waals surface area contributed by atoms with Crippen molar-refractivity contribution >= 4 is 38.3 Å². The van der Waals surface area contributed by atoms with Crippen LogP contribution in [-0.2, 0) is 21.2 Å². The van der Waals surface area contributed by atoms with Gasteiger partial charge < -0.3 is 14.6 Å². The van der Waals surface area contributed by atoms with Gasteiger partial charge in [0.05, 0.1) is 11.3 Å². The molecular weight excluding hydrogens is 452 g/mol. The van der Waals surface area contributed by atoms with Crippen LogP contribution in [0.15, 0.2) is 39.2 Å². The van der Waals surface area contributed by atoms with Crippen LogP contribution in [-0.4, -0.2) is 62.3 Å². The largest absolute Gasteiger partial charge is 0.469 e. The van der Waals surface area contributed by atoms with Gasteiger partial charge in [0.25, 0.3) is 10.0 Å². The van der Waals surface area contributed by atoms with Crippen LogP contribution >= 0.6 is 11.3 Å². The number of hydrogen-bond acceptors (Lipinski definition) is 6. The van der Waals surface area contributed by atoms with Gasteiger partial charge >= 0.3 is 6.03 Å². The Balaban J connectivity index is 1.45. The molecule has 0 aliphatic carbocycles. The summed E-state index contributed by atoms with van der Waals surface area (Å²) in [5.74, 6) is 0.711. The first kappa shape index (κ1) is 24.3. The summed E-state index contributed by atoms with van der Waals surface area (Å²) in [6.45, 7) is 5.83. The fraction of sp³-hybridized carbons (Fsp3) is 0.524. The number of carbonyl (C=O) groups is 2. The van der Waals surface area contributed by atoms with Gasteiger partial charge in [0.1, 0.15) is 9.97 Å². The Morgan fingerprint density at radius 3 is 2.53 bits per heavy atom. The lowest BCUT2D eigenvalue weighted by atomic mass is 9.96. The van der Waals surface area contributed by atoms with Crippen molar-refractivity contribution in [3.05, 3.63) is 36.3 Å². The van der Waals surface area contributed by atoms with Gasteiger partial charge in [-0.05, 0) is 37.1 Å². The smallest absolute Gasteiger partial charge is 0.322 e. The van der Waals surface area contributed by atoms with Crippen molar-refractivity contribution in [3.63, 3.8) is 0 Å². The van der Waals surface area contributed by atoms with Gasteiger partial charge in [0.2, 0.25) is 5.91 Å². The number of furan rings is 1. The molecule has 0 aromatic carbocycles. The predicted octanol–water partition coefficient (Wildman–Crippen LogP) is 2.97. The van der Waals surface area contributed by atoms with Gasteiger partial charge in [-0.3, -0.25) is 10.1 Å². The second-order valence-electron chi connectivity index (χ2n) is 7.52. The van der Waals surface area contributed by atoms with Gasteiger partial charge in [-0.2, -0.15) is 4.31 Å². The zero-order chi connectivity index (χ0) is 23.1. The molecule has 9 nitrogen and oxygen atoms in total. The topological polar surface area (TPSA) is 112 Å². The van der Waals surface area contributed by atoms with E-state index in [1.54, 1.807) is 31.1 Å². The van der Waals surface area contributed by atoms with E-state index in [1.165, 1.54) is 10.4 Å². The molecule has 2 N–H and O–H groups in total. The van der Waals surface area contributed by atoms with Gasteiger partial charge in [-0.15, -0.1) is 11.3 Å².